The third-order valence-corrected chi connectivity index (χ3v) is 4.84. The molecule has 0 bridgehead atoms. The lowest BCUT2D eigenvalue weighted by atomic mass is 10.1. The van der Waals surface area contributed by atoms with Crippen molar-refractivity contribution in [3.05, 3.63) is 65.7 Å². The fourth-order valence-electron chi connectivity index (χ4n) is 3.04. The summed E-state index contributed by atoms with van der Waals surface area (Å²) in [6, 6.07) is 14.7. The molecule has 0 aliphatic heterocycles. The first-order valence-electron chi connectivity index (χ1n) is 11.0. The van der Waals surface area contributed by atoms with E-state index in [-0.39, 0.29) is 24.0 Å². The Morgan fingerprint density at radius 1 is 0.906 bits per heavy atom. The number of carbonyl (C=O) groups excluding carboxylic acids is 2. The molecule has 6 heteroatoms. The van der Waals surface area contributed by atoms with E-state index in [1.807, 2.05) is 69.3 Å². The molecule has 0 fully saturated rings. The van der Waals surface area contributed by atoms with Crippen LogP contribution in [0.1, 0.15) is 45.2 Å². The van der Waals surface area contributed by atoms with Crippen molar-refractivity contribution in [1.29, 1.82) is 0 Å². The first-order chi connectivity index (χ1) is 15.3. The number of amides is 2. The Hall–Kier alpha value is -3.28. The van der Waals surface area contributed by atoms with Gasteiger partial charge in [-0.05, 0) is 82.0 Å². The standard InChI is InChI=1S/C26H34N2O4/c1-18(2)32-24-15-10-21(11-16-24)7-6-19(3)27-26(30)20(4)28-25(29)17-12-22-8-13-23(31-5)14-9-22/h8-20H,6-7H2,1-5H3,(H,27,30)(H,28,29)/b17-12+. The van der Waals surface area contributed by atoms with Crippen molar-refractivity contribution in [3.63, 3.8) is 0 Å². The number of carbonyl (C=O) groups is 2. The lowest BCUT2D eigenvalue weighted by molar-refractivity contribution is -0.127. The molecule has 2 aromatic carbocycles. The predicted molar refractivity (Wildman–Crippen MR) is 128 cm³/mol. The van der Waals surface area contributed by atoms with Crippen LogP contribution in [0.5, 0.6) is 11.5 Å². The molecule has 0 aromatic heterocycles. The van der Waals surface area contributed by atoms with Gasteiger partial charge >= 0.3 is 0 Å². The second kappa shape index (κ2) is 12.5. The number of aryl methyl sites for hydroxylation is 1. The van der Waals surface area contributed by atoms with Crippen molar-refractivity contribution in [2.24, 2.45) is 0 Å². The van der Waals surface area contributed by atoms with Crippen molar-refractivity contribution in [2.45, 2.75) is 58.7 Å². The zero-order chi connectivity index (χ0) is 23.5. The molecule has 0 radical (unpaired) electrons. The SMILES string of the molecule is COc1ccc(/C=C/C(=O)NC(C)C(=O)NC(C)CCc2ccc(OC(C)C)cc2)cc1. The van der Waals surface area contributed by atoms with Crippen molar-refractivity contribution in [2.75, 3.05) is 7.11 Å². The van der Waals surface area contributed by atoms with Gasteiger partial charge in [0.05, 0.1) is 13.2 Å². The summed E-state index contributed by atoms with van der Waals surface area (Å²) in [5.41, 5.74) is 2.06. The van der Waals surface area contributed by atoms with E-state index in [1.54, 1.807) is 20.1 Å². The first-order valence-corrected chi connectivity index (χ1v) is 11.0. The zero-order valence-electron chi connectivity index (χ0n) is 19.6. The van der Waals surface area contributed by atoms with E-state index in [9.17, 15) is 9.59 Å². The van der Waals surface area contributed by atoms with Crippen molar-refractivity contribution in [1.82, 2.24) is 10.6 Å². The van der Waals surface area contributed by atoms with Crippen molar-refractivity contribution in [3.8, 4) is 11.5 Å². The molecule has 2 unspecified atom stereocenters. The van der Waals surface area contributed by atoms with Gasteiger partial charge < -0.3 is 20.1 Å². The molecular weight excluding hydrogens is 404 g/mol. The Balaban J connectivity index is 1.74. The van der Waals surface area contributed by atoms with E-state index < -0.39 is 6.04 Å². The molecule has 2 amide bonds. The van der Waals surface area contributed by atoms with Crippen LogP contribution < -0.4 is 20.1 Å². The van der Waals surface area contributed by atoms with Crippen molar-refractivity contribution >= 4 is 17.9 Å². The van der Waals surface area contributed by atoms with Gasteiger partial charge in [0.2, 0.25) is 11.8 Å². The molecular formula is C26H34N2O4. The number of benzene rings is 2. The predicted octanol–water partition coefficient (Wildman–Crippen LogP) is 4.14. The molecule has 2 atom stereocenters. The van der Waals surface area contributed by atoms with E-state index in [0.717, 1.165) is 29.9 Å². The van der Waals surface area contributed by atoms with Gasteiger partial charge in [0, 0.05) is 12.1 Å². The summed E-state index contributed by atoms with van der Waals surface area (Å²) in [7, 11) is 1.60. The molecule has 172 valence electrons. The number of rotatable bonds is 11. The number of hydrogen-bond donors (Lipinski definition) is 2. The van der Waals surface area contributed by atoms with Gasteiger partial charge in [0.25, 0.3) is 0 Å². The Morgan fingerprint density at radius 2 is 1.53 bits per heavy atom. The second-order valence-corrected chi connectivity index (χ2v) is 8.10. The lowest BCUT2D eigenvalue weighted by Gasteiger charge is -2.18. The van der Waals surface area contributed by atoms with Gasteiger partial charge in [-0.25, -0.2) is 0 Å². The molecule has 6 nitrogen and oxygen atoms in total. The topological polar surface area (TPSA) is 76.7 Å². The maximum Gasteiger partial charge on any atom is 0.244 e. The normalized spacial score (nSPS) is 12.9. The summed E-state index contributed by atoms with van der Waals surface area (Å²) >= 11 is 0. The first kappa shape index (κ1) is 25.0. The van der Waals surface area contributed by atoms with Crippen LogP contribution in [-0.4, -0.2) is 37.1 Å². The molecule has 0 saturated carbocycles. The Morgan fingerprint density at radius 3 is 2.12 bits per heavy atom. The van der Waals surface area contributed by atoms with E-state index >= 15 is 0 Å². The summed E-state index contributed by atoms with van der Waals surface area (Å²) in [5.74, 6) is 1.09. The minimum Gasteiger partial charge on any atom is -0.497 e. The van der Waals surface area contributed by atoms with Crippen LogP contribution in [0.25, 0.3) is 6.08 Å². The van der Waals surface area contributed by atoms with Crippen LogP contribution in [0, 0.1) is 0 Å². The fourth-order valence-corrected chi connectivity index (χ4v) is 3.04. The van der Waals surface area contributed by atoms with Crippen LogP contribution >= 0.6 is 0 Å². The highest BCUT2D eigenvalue weighted by molar-refractivity contribution is 5.95. The van der Waals surface area contributed by atoms with Gasteiger partial charge in [-0.15, -0.1) is 0 Å². The third-order valence-electron chi connectivity index (χ3n) is 4.84. The van der Waals surface area contributed by atoms with Crippen LogP contribution in [0.15, 0.2) is 54.6 Å². The van der Waals surface area contributed by atoms with Crippen LogP contribution in [0.3, 0.4) is 0 Å². The molecule has 2 aromatic rings. The van der Waals surface area contributed by atoms with Gasteiger partial charge in [0.1, 0.15) is 17.5 Å². The summed E-state index contributed by atoms with van der Waals surface area (Å²) in [4.78, 5) is 24.5. The highest BCUT2D eigenvalue weighted by atomic mass is 16.5. The largest absolute Gasteiger partial charge is 0.497 e. The molecule has 0 heterocycles. The summed E-state index contributed by atoms with van der Waals surface area (Å²) < 4.78 is 10.8. The summed E-state index contributed by atoms with van der Waals surface area (Å²) in [6.45, 7) is 7.64. The van der Waals surface area contributed by atoms with Crippen molar-refractivity contribution < 1.29 is 19.1 Å². The maximum absolute atomic E-state index is 12.4. The number of ether oxygens (including phenoxy) is 2. The molecule has 0 aliphatic carbocycles. The van der Waals surface area contributed by atoms with Crippen LogP contribution in [0.2, 0.25) is 0 Å². The second-order valence-electron chi connectivity index (χ2n) is 8.10. The molecule has 0 saturated heterocycles. The maximum atomic E-state index is 12.4. The molecule has 2 N–H and O–H groups in total. The molecule has 0 aliphatic rings. The van der Waals surface area contributed by atoms with Gasteiger partial charge in [0.15, 0.2) is 0 Å². The zero-order valence-corrected chi connectivity index (χ0v) is 19.6. The Kier molecular flexibility index (Phi) is 9.79. The average Bonchev–Trinajstić information content (AvgIpc) is 2.77. The highest BCUT2D eigenvalue weighted by Crippen LogP contribution is 2.15. The monoisotopic (exact) mass is 438 g/mol. The Labute approximate surface area is 191 Å². The Bertz CT molecular complexity index is 889. The smallest absolute Gasteiger partial charge is 0.244 e. The molecule has 0 spiro atoms. The lowest BCUT2D eigenvalue weighted by Crippen LogP contribution is -2.47. The highest BCUT2D eigenvalue weighted by Gasteiger charge is 2.16. The van der Waals surface area contributed by atoms with Gasteiger partial charge in [-0.2, -0.15) is 0 Å². The number of methoxy groups -OCH3 is 1. The van der Waals surface area contributed by atoms with Crippen LogP contribution in [0.4, 0.5) is 0 Å². The van der Waals surface area contributed by atoms with E-state index in [0.29, 0.717) is 0 Å². The van der Waals surface area contributed by atoms with E-state index in [2.05, 4.69) is 10.6 Å². The fraction of sp³-hybridized carbons (Fsp3) is 0.385. The summed E-state index contributed by atoms with van der Waals surface area (Å²) in [6.07, 6.45) is 4.90. The quantitative estimate of drug-likeness (QED) is 0.517. The van der Waals surface area contributed by atoms with Gasteiger partial charge in [-0.1, -0.05) is 24.3 Å². The minimum atomic E-state index is -0.627. The van der Waals surface area contributed by atoms with E-state index in [1.165, 1.54) is 11.6 Å². The molecule has 2 rings (SSSR count). The third kappa shape index (κ3) is 8.84. The minimum absolute atomic E-state index is 0.0108. The summed E-state index contributed by atoms with van der Waals surface area (Å²) in [5, 5.41) is 5.66. The number of hydrogen-bond acceptors (Lipinski definition) is 4. The number of nitrogens with one attached hydrogen (secondary N) is 2. The average molecular weight is 439 g/mol. The van der Waals surface area contributed by atoms with Crippen LogP contribution in [-0.2, 0) is 16.0 Å². The van der Waals surface area contributed by atoms with E-state index in [4.69, 9.17) is 9.47 Å². The van der Waals surface area contributed by atoms with Gasteiger partial charge in [-0.3, -0.25) is 9.59 Å². The molecule has 32 heavy (non-hydrogen) atoms.